The Hall–Kier alpha value is -2.02. The maximum atomic E-state index is 12.5. The van der Waals surface area contributed by atoms with Crippen LogP contribution in [0.1, 0.15) is 17.5 Å². The van der Waals surface area contributed by atoms with Gasteiger partial charge in [-0.2, -0.15) is 18.3 Å². The van der Waals surface area contributed by atoms with Crippen molar-refractivity contribution in [3.8, 4) is 5.69 Å². The molecule has 0 saturated heterocycles. The molecule has 0 aliphatic carbocycles. The van der Waals surface area contributed by atoms with Crippen molar-refractivity contribution in [2.45, 2.75) is 19.0 Å². The number of anilines is 1. The Balaban J connectivity index is 2.26. The highest BCUT2D eigenvalue weighted by molar-refractivity contribution is 5.47. The standard InChI is InChI=1S/C13H14F3N3O/c14-13(15,16)10-3-5-11(6-4-10)19-12(17)9(8-18-19)2-1-7-20/h3-6,8,20H,1-2,7,17H2. The number of hydrogen-bond acceptors (Lipinski definition) is 3. The van der Waals surface area contributed by atoms with Crippen molar-refractivity contribution >= 4 is 5.82 Å². The van der Waals surface area contributed by atoms with Crippen molar-refractivity contribution in [3.63, 3.8) is 0 Å². The van der Waals surface area contributed by atoms with E-state index in [2.05, 4.69) is 5.10 Å². The topological polar surface area (TPSA) is 64.1 Å². The minimum absolute atomic E-state index is 0.0465. The Kier molecular flexibility index (Phi) is 3.99. The molecule has 20 heavy (non-hydrogen) atoms. The second-order valence-corrected chi connectivity index (χ2v) is 4.34. The molecular formula is C13H14F3N3O. The summed E-state index contributed by atoms with van der Waals surface area (Å²) in [5.41, 5.74) is 6.41. The van der Waals surface area contributed by atoms with E-state index in [0.717, 1.165) is 17.7 Å². The van der Waals surface area contributed by atoms with Crippen molar-refractivity contribution in [3.05, 3.63) is 41.6 Å². The van der Waals surface area contributed by atoms with Crippen molar-refractivity contribution < 1.29 is 18.3 Å². The van der Waals surface area contributed by atoms with Crippen molar-refractivity contribution in [1.29, 1.82) is 0 Å². The molecule has 108 valence electrons. The maximum absolute atomic E-state index is 12.5. The summed E-state index contributed by atoms with van der Waals surface area (Å²) in [5.74, 6) is 0.373. The van der Waals surface area contributed by atoms with Crippen LogP contribution < -0.4 is 5.73 Å². The van der Waals surface area contributed by atoms with Crippen LogP contribution in [0, 0.1) is 0 Å². The van der Waals surface area contributed by atoms with Crippen LogP contribution in [-0.4, -0.2) is 21.5 Å². The highest BCUT2D eigenvalue weighted by Crippen LogP contribution is 2.30. The second-order valence-electron chi connectivity index (χ2n) is 4.34. The Morgan fingerprint density at radius 2 is 1.85 bits per heavy atom. The third-order valence-corrected chi connectivity index (χ3v) is 2.93. The summed E-state index contributed by atoms with van der Waals surface area (Å²) >= 11 is 0. The van der Waals surface area contributed by atoms with Gasteiger partial charge in [0.25, 0.3) is 0 Å². The zero-order valence-corrected chi connectivity index (χ0v) is 10.6. The van der Waals surface area contributed by atoms with Gasteiger partial charge in [-0.1, -0.05) is 0 Å². The predicted molar refractivity (Wildman–Crippen MR) is 68.4 cm³/mol. The van der Waals surface area contributed by atoms with Crippen LogP contribution in [0.5, 0.6) is 0 Å². The maximum Gasteiger partial charge on any atom is 0.416 e. The van der Waals surface area contributed by atoms with Gasteiger partial charge in [0, 0.05) is 12.2 Å². The smallest absolute Gasteiger partial charge is 0.396 e. The summed E-state index contributed by atoms with van der Waals surface area (Å²) < 4.78 is 38.8. The normalized spacial score (nSPS) is 11.8. The number of benzene rings is 1. The molecule has 0 atom stereocenters. The third kappa shape index (κ3) is 2.93. The number of aryl methyl sites for hydroxylation is 1. The molecule has 0 aliphatic heterocycles. The lowest BCUT2D eigenvalue weighted by molar-refractivity contribution is -0.137. The van der Waals surface area contributed by atoms with Gasteiger partial charge in [-0.3, -0.25) is 0 Å². The SMILES string of the molecule is Nc1c(CCCO)cnn1-c1ccc(C(F)(F)F)cc1. The van der Waals surface area contributed by atoms with Crippen LogP contribution in [-0.2, 0) is 12.6 Å². The van der Waals surface area contributed by atoms with Crippen molar-refractivity contribution in [2.24, 2.45) is 0 Å². The quantitative estimate of drug-likeness (QED) is 0.906. The first-order valence-electron chi connectivity index (χ1n) is 6.04. The van der Waals surface area contributed by atoms with E-state index in [-0.39, 0.29) is 6.61 Å². The van der Waals surface area contributed by atoms with Crippen LogP contribution in [0.25, 0.3) is 5.69 Å². The average molecular weight is 285 g/mol. The number of rotatable bonds is 4. The van der Waals surface area contributed by atoms with Crippen LogP contribution in [0.4, 0.5) is 19.0 Å². The zero-order valence-electron chi connectivity index (χ0n) is 10.6. The Bertz CT molecular complexity index is 576. The summed E-state index contributed by atoms with van der Waals surface area (Å²) in [5, 5.41) is 12.8. The van der Waals surface area contributed by atoms with E-state index in [1.807, 2.05) is 0 Å². The number of aliphatic hydroxyl groups excluding tert-OH is 1. The molecule has 2 rings (SSSR count). The summed E-state index contributed by atoms with van der Waals surface area (Å²) in [7, 11) is 0. The van der Waals surface area contributed by atoms with Gasteiger partial charge in [0.2, 0.25) is 0 Å². The van der Waals surface area contributed by atoms with Crippen LogP contribution in [0.15, 0.2) is 30.5 Å². The minimum atomic E-state index is -4.36. The molecule has 0 saturated carbocycles. The molecule has 2 aromatic rings. The van der Waals surface area contributed by atoms with Crippen LogP contribution in [0.3, 0.4) is 0 Å². The molecule has 0 fully saturated rings. The number of nitrogens with two attached hydrogens (primary N) is 1. The highest BCUT2D eigenvalue weighted by Gasteiger charge is 2.30. The summed E-state index contributed by atoms with van der Waals surface area (Å²) in [4.78, 5) is 0. The Morgan fingerprint density at radius 3 is 2.40 bits per heavy atom. The summed E-state index contributed by atoms with van der Waals surface area (Å²) in [6.45, 7) is 0.0465. The molecule has 0 amide bonds. The van der Waals surface area contributed by atoms with E-state index in [1.54, 1.807) is 6.20 Å². The third-order valence-electron chi connectivity index (χ3n) is 2.93. The molecule has 0 radical (unpaired) electrons. The molecule has 1 aromatic carbocycles. The van der Waals surface area contributed by atoms with E-state index in [4.69, 9.17) is 10.8 Å². The van der Waals surface area contributed by atoms with Crippen LogP contribution in [0.2, 0.25) is 0 Å². The fourth-order valence-electron chi connectivity index (χ4n) is 1.85. The van der Waals surface area contributed by atoms with E-state index in [1.165, 1.54) is 16.8 Å². The predicted octanol–water partition coefficient (Wildman–Crippen LogP) is 2.40. The number of aliphatic hydroxyl groups is 1. The average Bonchev–Trinajstić information content (AvgIpc) is 2.77. The van der Waals surface area contributed by atoms with Gasteiger partial charge >= 0.3 is 6.18 Å². The molecule has 7 heteroatoms. The van der Waals surface area contributed by atoms with Gasteiger partial charge < -0.3 is 10.8 Å². The first-order valence-corrected chi connectivity index (χ1v) is 6.04. The largest absolute Gasteiger partial charge is 0.416 e. The molecule has 1 aromatic heterocycles. The van der Waals surface area contributed by atoms with Crippen LogP contribution >= 0.6 is 0 Å². The molecule has 0 aliphatic rings. The lowest BCUT2D eigenvalue weighted by Crippen LogP contribution is -2.07. The number of alkyl halides is 3. The number of nitrogen functional groups attached to an aromatic ring is 1. The van der Waals surface area contributed by atoms with E-state index >= 15 is 0 Å². The molecule has 0 unspecified atom stereocenters. The minimum Gasteiger partial charge on any atom is -0.396 e. The zero-order chi connectivity index (χ0) is 14.8. The van der Waals surface area contributed by atoms with Gasteiger partial charge in [-0.15, -0.1) is 0 Å². The van der Waals surface area contributed by atoms with E-state index in [9.17, 15) is 13.2 Å². The molecule has 1 heterocycles. The second kappa shape index (κ2) is 5.54. The lowest BCUT2D eigenvalue weighted by atomic mass is 10.2. The number of nitrogens with zero attached hydrogens (tertiary/aromatic N) is 2. The number of hydrogen-bond donors (Lipinski definition) is 2. The van der Waals surface area contributed by atoms with Gasteiger partial charge in [0.15, 0.2) is 0 Å². The molecule has 3 N–H and O–H groups in total. The van der Waals surface area contributed by atoms with E-state index < -0.39 is 11.7 Å². The molecule has 0 spiro atoms. The molecular weight excluding hydrogens is 271 g/mol. The van der Waals surface area contributed by atoms with Gasteiger partial charge in [0.1, 0.15) is 5.82 Å². The Morgan fingerprint density at radius 1 is 1.20 bits per heavy atom. The monoisotopic (exact) mass is 285 g/mol. The first kappa shape index (κ1) is 14.4. The number of halogens is 3. The van der Waals surface area contributed by atoms with Gasteiger partial charge in [-0.25, -0.2) is 4.68 Å². The fraction of sp³-hybridized carbons (Fsp3) is 0.308. The first-order chi connectivity index (χ1) is 9.43. The lowest BCUT2D eigenvalue weighted by Gasteiger charge is -2.09. The summed E-state index contributed by atoms with van der Waals surface area (Å²) in [6, 6.07) is 4.62. The number of aromatic nitrogens is 2. The van der Waals surface area contributed by atoms with Gasteiger partial charge in [-0.05, 0) is 37.1 Å². The van der Waals surface area contributed by atoms with Crippen molar-refractivity contribution in [1.82, 2.24) is 9.78 Å². The summed E-state index contributed by atoms with van der Waals surface area (Å²) in [6.07, 6.45) is -1.67. The Labute approximate surface area is 113 Å². The van der Waals surface area contributed by atoms with Crippen molar-refractivity contribution in [2.75, 3.05) is 12.3 Å². The van der Waals surface area contributed by atoms with Gasteiger partial charge in [0.05, 0.1) is 17.4 Å². The molecule has 4 nitrogen and oxygen atoms in total. The molecule has 0 bridgehead atoms. The fourth-order valence-corrected chi connectivity index (χ4v) is 1.85. The highest BCUT2D eigenvalue weighted by atomic mass is 19.4. The van der Waals surface area contributed by atoms with E-state index in [0.29, 0.717) is 24.3 Å².